The minimum Gasteiger partial charge on any atom is -0.495 e. The Kier molecular flexibility index (Phi) is 19.2. The summed E-state index contributed by atoms with van der Waals surface area (Å²) >= 11 is 6.44. The van der Waals surface area contributed by atoms with Crippen molar-refractivity contribution in [3.63, 3.8) is 0 Å². The van der Waals surface area contributed by atoms with Gasteiger partial charge in [-0.15, -0.1) is 0 Å². The first-order valence-corrected chi connectivity index (χ1v) is 20.9. The Bertz CT molecular complexity index is 1810. The molecule has 3 rings (SSSR count). The second-order valence-corrected chi connectivity index (χ2v) is 16.3. The summed E-state index contributed by atoms with van der Waals surface area (Å²) in [6.45, 7) is 6.96. The van der Waals surface area contributed by atoms with E-state index in [-0.39, 0.29) is 49.6 Å². The molecule has 1 aromatic carbocycles. The van der Waals surface area contributed by atoms with Gasteiger partial charge in [0.25, 0.3) is 5.91 Å². The van der Waals surface area contributed by atoms with E-state index in [0.29, 0.717) is 17.7 Å². The molecular formula is C40H62ClN9O12. The Balaban J connectivity index is 2.25. The lowest BCUT2D eigenvalue weighted by Crippen LogP contribution is -2.66. The molecule has 2 aliphatic heterocycles. The van der Waals surface area contributed by atoms with Gasteiger partial charge in [-0.05, 0) is 62.1 Å². The molecule has 346 valence electrons. The summed E-state index contributed by atoms with van der Waals surface area (Å²) in [5.74, 6) is -7.66. The molecule has 2 bridgehead atoms. The Labute approximate surface area is 365 Å². The van der Waals surface area contributed by atoms with E-state index >= 15 is 0 Å². The number of piperidine rings is 1. The van der Waals surface area contributed by atoms with Crippen LogP contribution in [0.1, 0.15) is 72.3 Å². The van der Waals surface area contributed by atoms with Crippen molar-refractivity contribution in [2.45, 2.75) is 128 Å². The monoisotopic (exact) mass is 895 g/mol. The number of guanidine groups is 1. The number of nitrogens with zero attached hydrogens (tertiary/aromatic N) is 3. The smallest absolute Gasteiger partial charge is 0.329 e. The number of cyclic esters (lactones) is 1. The number of amides is 6. The van der Waals surface area contributed by atoms with Gasteiger partial charge in [0.1, 0.15) is 54.3 Å². The fourth-order valence-electron chi connectivity index (χ4n) is 7.16. The lowest BCUT2D eigenvalue weighted by Gasteiger charge is -2.44. The number of nitrogens with two attached hydrogens (primary N) is 2. The van der Waals surface area contributed by atoms with Crippen LogP contribution in [0, 0.1) is 11.8 Å². The van der Waals surface area contributed by atoms with Crippen LogP contribution >= 0.6 is 11.6 Å². The maximum atomic E-state index is 14.8. The zero-order valence-corrected chi connectivity index (χ0v) is 36.9. The SMILES string of the molecule is CC[C@H](C)[C@@H]1C(=O)N(C)[C@@H](Cc2ccc(OC)c(Cl)c2)C(=O)N[C@@H](C(C)C)C(=O)O[C@@H](C)[C@H](NC(=O)[C@H](O)CO)C(=O)N[C@@H](CCCN=C(N)N)C(=O)N[C@H]2CC[C@@H](O)N1C2=O. The summed E-state index contributed by atoms with van der Waals surface area (Å²) in [6, 6.07) is -3.86. The maximum Gasteiger partial charge on any atom is 0.329 e. The third-order valence-corrected chi connectivity index (χ3v) is 11.3. The first-order valence-electron chi connectivity index (χ1n) is 20.5. The van der Waals surface area contributed by atoms with E-state index in [2.05, 4.69) is 26.3 Å². The van der Waals surface area contributed by atoms with Crippen LogP contribution in [0.15, 0.2) is 23.2 Å². The molecule has 0 aliphatic carbocycles. The van der Waals surface area contributed by atoms with E-state index in [0.717, 1.165) is 9.80 Å². The Morgan fingerprint density at radius 2 is 1.73 bits per heavy atom. The summed E-state index contributed by atoms with van der Waals surface area (Å²) < 4.78 is 11.0. The number of likely N-dealkylation sites (N-methyl/N-ethyl adjacent to an activating group) is 1. The van der Waals surface area contributed by atoms with Crippen molar-refractivity contribution in [2.24, 2.45) is 28.3 Å². The number of ether oxygens (including phenoxy) is 2. The maximum absolute atomic E-state index is 14.8. The highest BCUT2D eigenvalue weighted by Gasteiger charge is 2.47. The molecule has 11 N–H and O–H groups in total. The molecule has 0 saturated carbocycles. The van der Waals surface area contributed by atoms with Crippen molar-refractivity contribution in [2.75, 3.05) is 27.3 Å². The number of fused-ring (bicyclic) bond motifs is 2. The summed E-state index contributed by atoms with van der Waals surface area (Å²) in [4.78, 5) is 105. The van der Waals surface area contributed by atoms with Gasteiger partial charge in [0, 0.05) is 20.0 Å². The van der Waals surface area contributed by atoms with Crippen molar-refractivity contribution < 1.29 is 58.4 Å². The number of benzene rings is 1. The number of aliphatic hydroxyl groups excluding tert-OH is 3. The highest BCUT2D eigenvalue weighted by atomic mass is 35.5. The van der Waals surface area contributed by atoms with E-state index < -0.39 is 115 Å². The number of aliphatic imine (C=N–C) groups is 1. The topological polar surface area (TPSA) is 318 Å². The van der Waals surface area contributed by atoms with Crippen LogP contribution in [0.3, 0.4) is 0 Å². The number of nitrogens with one attached hydrogen (secondary N) is 4. The molecule has 2 heterocycles. The lowest BCUT2D eigenvalue weighted by atomic mass is 9.91. The van der Waals surface area contributed by atoms with Crippen molar-refractivity contribution in [1.29, 1.82) is 0 Å². The molecule has 21 nitrogen and oxygen atoms in total. The molecular weight excluding hydrogens is 834 g/mol. The Hall–Kier alpha value is -5.25. The average molecular weight is 896 g/mol. The van der Waals surface area contributed by atoms with Gasteiger partial charge in [-0.3, -0.25) is 33.8 Å². The molecule has 2 saturated heterocycles. The summed E-state index contributed by atoms with van der Waals surface area (Å²) in [5, 5.41) is 41.2. The molecule has 6 amide bonds. The standard InChI is InChI=1S/C40H62ClN9O12/c1-8-20(4)32-38(59)49(6)26(17-22-11-13-28(61-7)23(41)16-22)34(55)47-30(19(2)3)39(60)62-21(5)31(48-35(56)27(52)18-51)36(57)45-24(10-9-15-44-40(42)43)33(54)46-25-12-14-29(53)50(32)37(25)58/h11,13,16,19-21,24-27,29-32,51-53H,8-10,12,14-15,17-18H2,1-7H3,(H,45,57)(H,46,54)(H,47,55)(H,48,56)(H4,42,43,44)/t20-,21-,24-,25-,26-,27+,29+,30-,31-,32+/m0/s1. The molecule has 1 aromatic rings. The van der Waals surface area contributed by atoms with E-state index in [1.807, 2.05) is 0 Å². The van der Waals surface area contributed by atoms with E-state index in [1.54, 1.807) is 45.9 Å². The van der Waals surface area contributed by atoms with Crippen molar-refractivity contribution >= 4 is 59.0 Å². The molecule has 0 spiro atoms. The van der Waals surface area contributed by atoms with Crippen LogP contribution in [0.4, 0.5) is 0 Å². The first kappa shape index (κ1) is 51.1. The molecule has 62 heavy (non-hydrogen) atoms. The molecule has 22 heteroatoms. The third-order valence-electron chi connectivity index (χ3n) is 11.0. The lowest BCUT2D eigenvalue weighted by molar-refractivity contribution is -0.168. The Morgan fingerprint density at radius 3 is 2.31 bits per heavy atom. The number of halogens is 1. The zero-order chi connectivity index (χ0) is 46.6. The van der Waals surface area contributed by atoms with Crippen LogP contribution in [0.2, 0.25) is 5.02 Å². The van der Waals surface area contributed by atoms with Gasteiger partial charge in [0.05, 0.1) is 18.7 Å². The molecule has 0 unspecified atom stereocenters. The molecule has 0 radical (unpaired) electrons. The number of hydrogen-bond donors (Lipinski definition) is 9. The van der Waals surface area contributed by atoms with E-state index in [1.165, 1.54) is 21.1 Å². The highest BCUT2D eigenvalue weighted by Crippen LogP contribution is 2.29. The quantitative estimate of drug-likeness (QED) is 0.0449. The Morgan fingerprint density at radius 1 is 1.05 bits per heavy atom. The fraction of sp³-hybridized carbons (Fsp3) is 0.650. The van der Waals surface area contributed by atoms with Crippen molar-refractivity contribution in [1.82, 2.24) is 31.1 Å². The number of hydrogen-bond acceptors (Lipinski definition) is 13. The van der Waals surface area contributed by atoms with Gasteiger partial charge < -0.3 is 67.3 Å². The minimum absolute atomic E-state index is 0.0300. The minimum atomic E-state index is -1.99. The van der Waals surface area contributed by atoms with Gasteiger partial charge in [-0.1, -0.05) is 51.8 Å². The molecule has 0 aromatic heterocycles. The largest absolute Gasteiger partial charge is 0.495 e. The normalized spacial score (nSPS) is 26.8. The van der Waals surface area contributed by atoms with Crippen LogP contribution < -0.4 is 37.5 Å². The van der Waals surface area contributed by atoms with Crippen molar-refractivity contribution in [3.8, 4) is 5.75 Å². The number of carbonyl (C=O) groups excluding carboxylic acids is 7. The molecule has 2 fully saturated rings. The van der Waals surface area contributed by atoms with E-state index in [9.17, 15) is 48.9 Å². The predicted octanol–water partition coefficient (Wildman–Crippen LogP) is -1.98. The number of esters is 1. The predicted molar refractivity (Wildman–Crippen MR) is 225 cm³/mol. The second kappa shape index (κ2) is 23.3. The zero-order valence-electron chi connectivity index (χ0n) is 36.1. The van der Waals surface area contributed by atoms with Gasteiger partial charge in [0.15, 0.2) is 12.1 Å². The third kappa shape index (κ3) is 13.1. The van der Waals surface area contributed by atoms with Gasteiger partial charge in [0.2, 0.25) is 29.5 Å². The van der Waals surface area contributed by atoms with Gasteiger partial charge in [-0.25, -0.2) is 4.79 Å². The van der Waals surface area contributed by atoms with Crippen LogP contribution in [-0.2, 0) is 44.7 Å². The molecule has 2 aliphatic rings. The summed E-state index contributed by atoms with van der Waals surface area (Å²) in [7, 11) is 2.79. The van der Waals surface area contributed by atoms with Gasteiger partial charge >= 0.3 is 5.97 Å². The fourth-order valence-corrected chi connectivity index (χ4v) is 7.44. The van der Waals surface area contributed by atoms with E-state index in [4.69, 9.17) is 32.5 Å². The number of carbonyl (C=O) groups is 7. The van der Waals surface area contributed by atoms with Crippen molar-refractivity contribution in [3.05, 3.63) is 28.8 Å². The summed E-state index contributed by atoms with van der Waals surface area (Å²) in [6.07, 6.45) is -4.90. The second-order valence-electron chi connectivity index (χ2n) is 15.9. The molecule has 10 atom stereocenters. The number of aliphatic hydroxyl groups is 3. The number of methoxy groups -OCH3 is 1. The number of rotatable bonds is 13. The van der Waals surface area contributed by atoms with Crippen LogP contribution in [-0.4, -0.2) is 154 Å². The summed E-state index contributed by atoms with van der Waals surface area (Å²) in [5.41, 5.74) is 11.4. The average Bonchev–Trinajstić information content (AvgIpc) is 3.22. The van der Waals surface area contributed by atoms with Crippen LogP contribution in [0.5, 0.6) is 5.75 Å². The van der Waals surface area contributed by atoms with Gasteiger partial charge in [-0.2, -0.15) is 0 Å². The van der Waals surface area contributed by atoms with Crippen LogP contribution in [0.25, 0.3) is 0 Å². The highest BCUT2D eigenvalue weighted by molar-refractivity contribution is 6.32. The first-order chi connectivity index (χ1) is 29.2.